The zero-order chi connectivity index (χ0) is 15.2. The summed E-state index contributed by atoms with van der Waals surface area (Å²) in [5.74, 6) is -0.380. The Morgan fingerprint density at radius 1 is 1.33 bits per heavy atom. The van der Waals surface area contributed by atoms with Gasteiger partial charge < -0.3 is 5.11 Å². The van der Waals surface area contributed by atoms with E-state index in [-0.39, 0.29) is 17.2 Å². The van der Waals surface area contributed by atoms with E-state index in [1.807, 2.05) is 31.2 Å². The van der Waals surface area contributed by atoms with Crippen molar-refractivity contribution in [2.45, 2.75) is 6.92 Å². The van der Waals surface area contributed by atoms with Gasteiger partial charge in [0.1, 0.15) is 0 Å². The molecule has 0 fully saturated rings. The second-order valence-corrected chi connectivity index (χ2v) is 5.03. The fourth-order valence-corrected chi connectivity index (χ4v) is 2.58. The summed E-state index contributed by atoms with van der Waals surface area (Å²) in [5, 5.41) is 10.3. The van der Waals surface area contributed by atoms with E-state index in [0.29, 0.717) is 10.4 Å². The highest BCUT2D eigenvalue weighted by molar-refractivity contribution is 7.07. The molecule has 1 heterocycles. The van der Waals surface area contributed by atoms with Gasteiger partial charge in [-0.05, 0) is 24.0 Å². The number of rotatable bonds is 5. The molecule has 0 radical (unpaired) electrons. The summed E-state index contributed by atoms with van der Waals surface area (Å²) in [6.45, 7) is 5.62. The Morgan fingerprint density at radius 2 is 2.05 bits per heavy atom. The molecule has 0 aliphatic heterocycles. The standard InChI is InChI=1S/C17H15NO2S/c1-3-5-9-12(4-2)17-16(20)14(18-21-17)15(19)13-10-7-6-8-11-13/h3-11,20H,2H2,1H3/b5-3-,12-9+. The van der Waals surface area contributed by atoms with Crippen molar-refractivity contribution >= 4 is 22.9 Å². The van der Waals surface area contributed by atoms with Crippen LogP contribution in [-0.2, 0) is 0 Å². The molecular formula is C17H15NO2S. The molecule has 1 N–H and O–H groups in total. The Balaban J connectivity index is 2.41. The van der Waals surface area contributed by atoms with E-state index in [2.05, 4.69) is 11.0 Å². The van der Waals surface area contributed by atoms with Crippen LogP contribution in [0.2, 0.25) is 0 Å². The topological polar surface area (TPSA) is 50.2 Å². The zero-order valence-corrected chi connectivity index (χ0v) is 12.4. The van der Waals surface area contributed by atoms with Crippen LogP contribution in [0.15, 0.2) is 61.2 Å². The fraction of sp³-hybridized carbons (Fsp3) is 0.0588. The monoisotopic (exact) mass is 297 g/mol. The first-order valence-electron chi connectivity index (χ1n) is 6.43. The van der Waals surface area contributed by atoms with Crippen molar-refractivity contribution in [1.82, 2.24) is 4.37 Å². The van der Waals surface area contributed by atoms with Gasteiger partial charge in [0, 0.05) is 5.56 Å². The minimum Gasteiger partial charge on any atom is -0.504 e. The van der Waals surface area contributed by atoms with Crippen LogP contribution in [0.4, 0.5) is 0 Å². The number of aromatic hydroxyl groups is 1. The lowest BCUT2D eigenvalue weighted by molar-refractivity contribution is 0.103. The number of aromatic nitrogens is 1. The molecule has 106 valence electrons. The zero-order valence-electron chi connectivity index (χ0n) is 11.6. The van der Waals surface area contributed by atoms with Gasteiger partial charge in [-0.1, -0.05) is 61.2 Å². The lowest BCUT2D eigenvalue weighted by Crippen LogP contribution is -2.01. The van der Waals surface area contributed by atoms with Gasteiger partial charge in [0.05, 0.1) is 4.88 Å². The van der Waals surface area contributed by atoms with Gasteiger partial charge in [0.25, 0.3) is 0 Å². The molecule has 0 aliphatic rings. The molecule has 0 bridgehead atoms. The van der Waals surface area contributed by atoms with Gasteiger partial charge in [-0.2, -0.15) is 4.37 Å². The maximum Gasteiger partial charge on any atom is 0.216 e. The molecule has 4 heteroatoms. The summed E-state index contributed by atoms with van der Waals surface area (Å²) < 4.78 is 4.10. The Kier molecular flexibility index (Phi) is 4.85. The molecule has 0 saturated heterocycles. The number of allylic oxidation sites excluding steroid dienone is 5. The lowest BCUT2D eigenvalue weighted by Gasteiger charge is -2.00. The summed E-state index contributed by atoms with van der Waals surface area (Å²) in [7, 11) is 0. The number of ketones is 1. The highest BCUT2D eigenvalue weighted by Gasteiger charge is 2.21. The predicted molar refractivity (Wildman–Crippen MR) is 86.6 cm³/mol. The fourth-order valence-electron chi connectivity index (χ4n) is 1.79. The van der Waals surface area contributed by atoms with Gasteiger partial charge in [0.15, 0.2) is 11.4 Å². The molecule has 1 aromatic heterocycles. The minimum absolute atomic E-state index is 0.0782. The number of hydrogen-bond acceptors (Lipinski definition) is 4. The SMILES string of the molecule is C=C/C(=C\C=C/C)c1snc(C(=O)c2ccccc2)c1O. The molecule has 0 unspecified atom stereocenters. The van der Waals surface area contributed by atoms with Crippen LogP contribution in [0.3, 0.4) is 0 Å². The molecule has 0 aliphatic carbocycles. The van der Waals surface area contributed by atoms with E-state index in [1.165, 1.54) is 0 Å². The van der Waals surface area contributed by atoms with E-state index in [1.54, 1.807) is 30.3 Å². The molecule has 3 nitrogen and oxygen atoms in total. The Labute approximate surface area is 127 Å². The molecule has 2 aromatic rings. The van der Waals surface area contributed by atoms with Gasteiger partial charge >= 0.3 is 0 Å². The molecule has 0 spiro atoms. The first kappa shape index (κ1) is 14.9. The van der Waals surface area contributed by atoms with Crippen LogP contribution < -0.4 is 0 Å². The third kappa shape index (κ3) is 3.17. The maximum atomic E-state index is 12.3. The van der Waals surface area contributed by atoms with E-state index in [9.17, 15) is 9.90 Å². The third-order valence-electron chi connectivity index (χ3n) is 2.87. The second-order valence-electron chi connectivity index (χ2n) is 4.26. The summed E-state index contributed by atoms with van der Waals surface area (Å²) in [4.78, 5) is 12.9. The van der Waals surface area contributed by atoms with Gasteiger partial charge in [-0.15, -0.1) is 0 Å². The van der Waals surface area contributed by atoms with Crippen LogP contribution in [0.1, 0.15) is 27.9 Å². The summed E-state index contributed by atoms with van der Waals surface area (Å²) in [6, 6.07) is 8.78. The van der Waals surface area contributed by atoms with E-state index in [4.69, 9.17) is 0 Å². The normalized spacial score (nSPS) is 11.8. The lowest BCUT2D eigenvalue weighted by atomic mass is 10.1. The van der Waals surface area contributed by atoms with Crippen LogP contribution in [0.5, 0.6) is 5.75 Å². The van der Waals surface area contributed by atoms with E-state index < -0.39 is 0 Å². The summed E-state index contributed by atoms with van der Waals surface area (Å²) in [5.41, 5.74) is 1.31. The number of benzene rings is 1. The maximum absolute atomic E-state index is 12.3. The number of nitrogens with zero attached hydrogens (tertiary/aromatic N) is 1. The first-order valence-corrected chi connectivity index (χ1v) is 7.20. The average molecular weight is 297 g/mol. The average Bonchev–Trinajstić information content (AvgIpc) is 2.90. The number of hydrogen-bond donors (Lipinski definition) is 1. The molecular weight excluding hydrogens is 282 g/mol. The highest BCUT2D eigenvalue weighted by atomic mass is 32.1. The molecule has 0 amide bonds. The van der Waals surface area contributed by atoms with Gasteiger partial charge in [-0.3, -0.25) is 4.79 Å². The molecule has 0 saturated carbocycles. The van der Waals surface area contributed by atoms with Crippen molar-refractivity contribution in [3.63, 3.8) is 0 Å². The largest absolute Gasteiger partial charge is 0.504 e. The molecule has 1 aromatic carbocycles. The molecule has 0 atom stereocenters. The highest BCUT2D eigenvalue weighted by Crippen LogP contribution is 2.34. The van der Waals surface area contributed by atoms with Crippen molar-refractivity contribution in [3.8, 4) is 5.75 Å². The van der Waals surface area contributed by atoms with Crippen molar-refractivity contribution in [1.29, 1.82) is 0 Å². The Bertz CT molecular complexity index is 712. The van der Waals surface area contributed by atoms with Gasteiger partial charge in [-0.25, -0.2) is 0 Å². The third-order valence-corrected chi connectivity index (χ3v) is 3.75. The predicted octanol–water partition coefficient (Wildman–Crippen LogP) is 4.23. The van der Waals surface area contributed by atoms with E-state index in [0.717, 1.165) is 17.1 Å². The van der Waals surface area contributed by atoms with Crippen LogP contribution in [0.25, 0.3) is 5.57 Å². The summed E-state index contributed by atoms with van der Waals surface area (Å²) in [6.07, 6.45) is 7.16. The van der Waals surface area contributed by atoms with E-state index >= 15 is 0 Å². The minimum atomic E-state index is -0.287. The first-order chi connectivity index (χ1) is 10.2. The van der Waals surface area contributed by atoms with Crippen LogP contribution in [-0.4, -0.2) is 15.3 Å². The quantitative estimate of drug-likeness (QED) is 0.664. The van der Waals surface area contributed by atoms with Crippen molar-refractivity contribution in [2.24, 2.45) is 0 Å². The van der Waals surface area contributed by atoms with Crippen molar-refractivity contribution in [2.75, 3.05) is 0 Å². The Morgan fingerprint density at radius 3 is 2.67 bits per heavy atom. The van der Waals surface area contributed by atoms with Crippen molar-refractivity contribution < 1.29 is 9.90 Å². The molecule has 21 heavy (non-hydrogen) atoms. The van der Waals surface area contributed by atoms with Gasteiger partial charge in [0.2, 0.25) is 5.78 Å². The summed E-state index contributed by atoms with van der Waals surface area (Å²) >= 11 is 1.09. The second kappa shape index (κ2) is 6.81. The van der Waals surface area contributed by atoms with Crippen LogP contribution in [0, 0.1) is 0 Å². The Hall–Kier alpha value is -2.46. The molecule has 2 rings (SSSR count). The number of carbonyl (C=O) groups excluding carboxylic acids is 1. The van der Waals surface area contributed by atoms with Crippen LogP contribution >= 0.6 is 11.5 Å². The smallest absolute Gasteiger partial charge is 0.216 e. The number of carbonyl (C=O) groups is 1. The van der Waals surface area contributed by atoms with Crippen molar-refractivity contribution in [3.05, 3.63) is 77.3 Å².